The Labute approximate surface area is 126 Å². The standard InChI is InChI=1S/C17H25N3O/c1-4-21-14-5-6-16-15(11-14)19-17(20(16)12(2)3)13-7-9-18-10-8-13/h5-6,11-13,18H,4,7-10H2,1-3H3. The molecule has 3 rings (SSSR count). The van der Waals surface area contributed by atoms with Gasteiger partial charge in [-0.1, -0.05) is 0 Å². The summed E-state index contributed by atoms with van der Waals surface area (Å²) < 4.78 is 8.01. The molecule has 114 valence electrons. The van der Waals surface area contributed by atoms with Crippen LogP contribution in [0.4, 0.5) is 0 Å². The summed E-state index contributed by atoms with van der Waals surface area (Å²) in [6, 6.07) is 6.71. The van der Waals surface area contributed by atoms with Gasteiger partial charge in [0, 0.05) is 18.0 Å². The Hall–Kier alpha value is -1.55. The lowest BCUT2D eigenvalue weighted by molar-refractivity contribution is 0.340. The minimum absolute atomic E-state index is 0.429. The first-order valence-corrected chi connectivity index (χ1v) is 8.06. The van der Waals surface area contributed by atoms with Crippen LogP contribution in [0.2, 0.25) is 0 Å². The second kappa shape index (κ2) is 6.06. The van der Waals surface area contributed by atoms with E-state index in [1.54, 1.807) is 0 Å². The second-order valence-electron chi connectivity index (χ2n) is 6.04. The molecule has 1 saturated heterocycles. The molecule has 0 atom stereocenters. The number of benzene rings is 1. The van der Waals surface area contributed by atoms with Gasteiger partial charge in [-0.25, -0.2) is 4.98 Å². The Morgan fingerprint density at radius 1 is 1.33 bits per heavy atom. The maximum Gasteiger partial charge on any atom is 0.121 e. The van der Waals surface area contributed by atoms with E-state index >= 15 is 0 Å². The third kappa shape index (κ3) is 2.77. The van der Waals surface area contributed by atoms with Gasteiger partial charge in [0.05, 0.1) is 17.6 Å². The van der Waals surface area contributed by atoms with Crippen LogP contribution in [0.3, 0.4) is 0 Å². The first-order chi connectivity index (χ1) is 10.2. The molecule has 21 heavy (non-hydrogen) atoms. The fourth-order valence-corrected chi connectivity index (χ4v) is 3.26. The van der Waals surface area contributed by atoms with Crippen LogP contribution in [0, 0.1) is 0 Å². The molecule has 0 amide bonds. The summed E-state index contributed by atoms with van der Waals surface area (Å²) in [5.74, 6) is 2.72. The molecule has 0 unspecified atom stereocenters. The highest BCUT2D eigenvalue weighted by molar-refractivity contribution is 5.78. The van der Waals surface area contributed by atoms with Crippen LogP contribution >= 0.6 is 0 Å². The second-order valence-corrected chi connectivity index (χ2v) is 6.04. The van der Waals surface area contributed by atoms with E-state index in [-0.39, 0.29) is 0 Å². The molecule has 0 saturated carbocycles. The highest BCUT2D eigenvalue weighted by Crippen LogP contribution is 2.32. The SMILES string of the molecule is CCOc1ccc2c(c1)nc(C1CCNCC1)n2C(C)C. The van der Waals surface area contributed by atoms with E-state index in [1.807, 2.05) is 6.92 Å². The molecule has 1 aromatic carbocycles. The summed E-state index contributed by atoms with van der Waals surface area (Å²) in [7, 11) is 0. The predicted octanol–water partition coefficient (Wildman–Crippen LogP) is 3.48. The number of hydrogen-bond donors (Lipinski definition) is 1. The van der Waals surface area contributed by atoms with E-state index < -0.39 is 0 Å². The van der Waals surface area contributed by atoms with Crippen LogP contribution in [-0.2, 0) is 0 Å². The number of rotatable bonds is 4. The summed E-state index contributed by atoms with van der Waals surface area (Å²) in [5, 5.41) is 3.44. The maximum atomic E-state index is 5.61. The maximum absolute atomic E-state index is 5.61. The van der Waals surface area contributed by atoms with E-state index in [0.29, 0.717) is 18.6 Å². The van der Waals surface area contributed by atoms with Crippen molar-refractivity contribution in [3.63, 3.8) is 0 Å². The Balaban J connectivity index is 2.07. The van der Waals surface area contributed by atoms with Crippen LogP contribution in [0.5, 0.6) is 5.75 Å². The van der Waals surface area contributed by atoms with Gasteiger partial charge in [0.15, 0.2) is 0 Å². The van der Waals surface area contributed by atoms with Crippen molar-refractivity contribution in [3.8, 4) is 5.75 Å². The summed E-state index contributed by atoms with van der Waals surface area (Å²) >= 11 is 0. The van der Waals surface area contributed by atoms with Gasteiger partial charge < -0.3 is 14.6 Å². The van der Waals surface area contributed by atoms with Gasteiger partial charge in [-0.3, -0.25) is 0 Å². The fourth-order valence-electron chi connectivity index (χ4n) is 3.26. The molecule has 0 spiro atoms. The summed E-state index contributed by atoms with van der Waals surface area (Å²) in [5.41, 5.74) is 2.28. The highest BCUT2D eigenvalue weighted by atomic mass is 16.5. The van der Waals surface area contributed by atoms with E-state index in [1.165, 1.54) is 24.2 Å². The van der Waals surface area contributed by atoms with E-state index in [2.05, 4.69) is 41.9 Å². The Morgan fingerprint density at radius 2 is 2.10 bits per heavy atom. The molecule has 1 fully saturated rings. The van der Waals surface area contributed by atoms with Crippen molar-refractivity contribution in [1.82, 2.24) is 14.9 Å². The molecule has 1 aliphatic rings. The number of nitrogens with one attached hydrogen (secondary N) is 1. The molecule has 2 heterocycles. The molecule has 1 aromatic heterocycles. The Kier molecular flexibility index (Phi) is 4.15. The van der Waals surface area contributed by atoms with Crippen LogP contribution in [-0.4, -0.2) is 29.2 Å². The van der Waals surface area contributed by atoms with Crippen molar-refractivity contribution < 1.29 is 4.74 Å². The van der Waals surface area contributed by atoms with Gasteiger partial charge >= 0.3 is 0 Å². The fraction of sp³-hybridized carbons (Fsp3) is 0.588. The zero-order valence-corrected chi connectivity index (χ0v) is 13.2. The minimum Gasteiger partial charge on any atom is -0.494 e. The van der Waals surface area contributed by atoms with E-state index in [4.69, 9.17) is 9.72 Å². The van der Waals surface area contributed by atoms with Crippen molar-refractivity contribution >= 4 is 11.0 Å². The van der Waals surface area contributed by atoms with Gasteiger partial charge in [0.2, 0.25) is 0 Å². The zero-order chi connectivity index (χ0) is 14.8. The number of fused-ring (bicyclic) bond motifs is 1. The molecule has 0 radical (unpaired) electrons. The molecule has 1 N–H and O–H groups in total. The van der Waals surface area contributed by atoms with Crippen LogP contribution < -0.4 is 10.1 Å². The van der Waals surface area contributed by atoms with Gasteiger partial charge in [-0.05, 0) is 58.8 Å². The van der Waals surface area contributed by atoms with E-state index in [0.717, 1.165) is 24.4 Å². The molecular weight excluding hydrogens is 262 g/mol. The smallest absolute Gasteiger partial charge is 0.121 e. The third-order valence-electron chi connectivity index (χ3n) is 4.22. The van der Waals surface area contributed by atoms with Crippen molar-refractivity contribution in [1.29, 1.82) is 0 Å². The molecule has 1 aliphatic heterocycles. The highest BCUT2D eigenvalue weighted by Gasteiger charge is 2.23. The molecule has 4 heteroatoms. The number of imidazole rings is 1. The van der Waals surface area contributed by atoms with Gasteiger partial charge in [0.25, 0.3) is 0 Å². The molecule has 4 nitrogen and oxygen atoms in total. The predicted molar refractivity (Wildman–Crippen MR) is 86.1 cm³/mol. The zero-order valence-electron chi connectivity index (χ0n) is 13.2. The summed E-state index contributed by atoms with van der Waals surface area (Å²) in [6.07, 6.45) is 2.35. The molecule has 0 aliphatic carbocycles. The Morgan fingerprint density at radius 3 is 2.76 bits per heavy atom. The summed E-state index contributed by atoms with van der Waals surface area (Å²) in [4.78, 5) is 4.96. The lowest BCUT2D eigenvalue weighted by atomic mass is 9.97. The number of hydrogen-bond acceptors (Lipinski definition) is 3. The Bertz CT molecular complexity index is 612. The van der Waals surface area contributed by atoms with Crippen LogP contribution in [0.15, 0.2) is 18.2 Å². The van der Waals surface area contributed by atoms with Crippen molar-refractivity contribution in [3.05, 3.63) is 24.0 Å². The minimum atomic E-state index is 0.429. The monoisotopic (exact) mass is 287 g/mol. The number of aromatic nitrogens is 2. The van der Waals surface area contributed by atoms with Gasteiger partial charge in [0.1, 0.15) is 11.6 Å². The van der Waals surface area contributed by atoms with E-state index in [9.17, 15) is 0 Å². The largest absolute Gasteiger partial charge is 0.494 e. The molecule has 0 bridgehead atoms. The van der Waals surface area contributed by atoms with Gasteiger partial charge in [-0.2, -0.15) is 0 Å². The average molecular weight is 287 g/mol. The van der Waals surface area contributed by atoms with Crippen molar-refractivity contribution in [2.24, 2.45) is 0 Å². The summed E-state index contributed by atoms with van der Waals surface area (Å²) in [6.45, 7) is 9.37. The normalized spacial score (nSPS) is 16.8. The topological polar surface area (TPSA) is 39.1 Å². The number of ether oxygens (including phenoxy) is 1. The first-order valence-electron chi connectivity index (χ1n) is 8.06. The lowest BCUT2D eigenvalue weighted by Crippen LogP contribution is -2.28. The van der Waals surface area contributed by atoms with Gasteiger partial charge in [-0.15, -0.1) is 0 Å². The third-order valence-corrected chi connectivity index (χ3v) is 4.22. The van der Waals surface area contributed by atoms with Crippen molar-refractivity contribution in [2.75, 3.05) is 19.7 Å². The number of piperidine rings is 1. The van der Waals surface area contributed by atoms with Crippen LogP contribution in [0.25, 0.3) is 11.0 Å². The lowest BCUT2D eigenvalue weighted by Gasteiger charge is -2.24. The molecular formula is C17H25N3O. The quantitative estimate of drug-likeness (QED) is 0.935. The first kappa shape index (κ1) is 14.4. The number of nitrogens with zero attached hydrogens (tertiary/aromatic N) is 2. The molecule has 2 aromatic rings. The van der Waals surface area contributed by atoms with Crippen LogP contribution in [0.1, 0.15) is 51.4 Å². The average Bonchev–Trinajstić information content (AvgIpc) is 2.87. The van der Waals surface area contributed by atoms with Crippen molar-refractivity contribution in [2.45, 2.75) is 45.6 Å².